The lowest BCUT2D eigenvalue weighted by Crippen LogP contribution is -2.27. The number of methoxy groups -OCH3 is 1. The Bertz CT molecular complexity index is 499. The van der Waals surface area contributed by atoms with Gasteiger partial charge in [-0.05, 0) is 20.8 Å². The summed E-state index contributed by atoms with van der Waals surface area (Å²) < 4.78 is 9.50. The van der Waals surface area contributed by atoms with Crippen LogP contribution in [0.25, 0.3) is 0 Å². The highest BCUT2D eigenvalue weighted by atomic mass is 35.5. The van der Waals surface area contributed by atoms with E-state index in [1.807, 2.05) is 0 Å². The molecule has 0 saturated carbocycles. The molecule has 8 heteroatoms. The molecule has 104 valence electrons. The Balaban J connectivity index is 2.79. The van der Waals surface area contributed by atoms with Gasteiger partial charge in [-0.2, -0.15) is 4.98 Å². The highest BCUT2D eigenvalue weighted by Crippen LogP contribution is 2.15. The molecule has 19 heavy (non-hydrogen) atoms. The van der Waals surface area contributed by atoms with Crippen LogP contribution in [-0.2, 0) is 9.47 Å². The number of nitrogens with zero attached hydrogens (tertiary/aromatic N) is 2. The fourth-order valence-electron chi connectivity index (χ4n) is 1.06. The quantitative estimate of drug-likeness (QED) is 0.663. The Morgan fingerprint density at radius 2 is 2.00 bits per heavy atom. The molecule has 1 aromatic rings. The number of aromatic nitrogens is 2. The normalized spacial score (nSPS) is 10.8. The summed E-state index contributed by atoms with van der Waals surface area (Å²) >= 11 is 5.78. The average Bonchev–Trinajstić information content (AvgIpc) is 2.25. The predicted octanol–water partition coefficient (Wildman–Crippen LogP) is 2.26. The lowest BCUT2D eigenvalue weighted by Gasteiger charge is -2.19. The number of anilines is 1. The standard InChI is InChI=1S/C11H14ClN3O4/c1-11(2,3)19-10(17)15-9-13-5-6(7(12)14-9)8(16)18-4/h5H,1-4H3,(H,13,14,15,17). The van der Waals surface area contributed by atoms with Crippen LogP contribution in [-0.4, -0.2) is 34.7 Å². The van der Waals surface area contributed by atoms with Gasteiger partial charge in [-0.1, -0.05) is 11.6 Å². The van der Waals surface area contributed by atoms with Crippen molar-refractivity contribution in [3.63, 3.8) is 0 Å². The Labute approximate surface area is 115 Å². The van der Waals surface area contributed by atoms with Gasteiger partial charge in [-0.15, -0.1) is 0 Å². The number of carbonyl (C=O) groups excluding carboxylic acids is 2. The molecule has 1 N–H and O–H groups in total. The highest BCUT2D eigenvalue weighted by Gasteiger charge is 2.18. The van der Waals surface area contributed by atoms with Crippen molar-refractivity contribution in [3.05, 3.63) is 16.9 Å². The number of hydrogen-bond donors (Lipinski definition) is 1. The topological polar surface area (TPSA) is 90.4 Å². The molecule has 0 aliphatic carbocycles. The van der Waals surface area contributed by atoms with Crippen molar-refractivity contribution in [2.24, 2.45) is 0 Å². The summed E-state index contributed by atoms with van der Waals surface area (Å²) in [6, 6.07) is 0. The SMILES string of the molecule is COC(=O)c1cnc(NC(=O)OC(C)(C)C)nc1Cl. The van der Waals surface area contributed by atoms with Crippen molar-refractivity contribution in [2.45, 2.75) is 26.4 Å². The maximum Gasteiger partial charge on any atom is 0.414 e. The van der Waals surface area contributed by atoms with Crippen LogP contribution in [0.5, 0.6) is 0 Å². The third-order valence-electron chi connectivity index (χ3n) is 1.76. The first-order valence-corrected chi connectivity index (χ1v) is 5.71. The molecule has 0 atom stereocenters. The zero-order valence-electron chi connectivity index (χ0n) is 11.0. The number of carbonyl (C=O) groups is 2. The molecule has 1 amide bonds. The van der Waals surface area contributed by atoms with E-state index in [9.17, 15) is 9.59 Å². The summed E-state index contributed by atoms with van der Waals surface area (Å²) in [6.45, 7) is 5.17. The summed E-state index contributed by atoms with van der Waals surface area (Å²) in [6.07, 6.45) is 0.447. The molecule has 0 aliphatic rings. The van der Waals surface area contributed by atoms with Crippen LogP contribution >= 0.6 is 11.6 Å². The van der Waals surface area contributed by atoms with Gasteiger partial charge in [-0.3, -0.25) is 5.32 Å². The van der Waals surface area contributed by atoms with Gasteiger partial charge in [-0.25, -0.2) is 14.6 Å². The van der Waals surface area contributed by atoms with Crippen LogP contribution in [0.4, 0.5) is 10.7 Å². The fourth-order valence-corrected chi connectivity index (χ4v) is 1.27. The molecule has 0 fully saturated rings. The van der Waals surface area contributed by atoms with Gasteiger partial charge < -0.3 is 9.47 Å². The zero-order chi connectivity index (χ0) is 14.6. The minimum atomic E-state index is -0.714. The third kappa shape index (κ3) is 4.70. The number of esters is 1. The first kappa shape index (κ1) is 15.2. The minimum Gasteiger partial charge on any atom is -0.465 e. The van der Waals surface area contributed by atoms with Gasteiger partial charge in [0.2, 0.25) is 5.95 Å². The fraction of sp³-hybridized carbons (Fsp3) is 0.455. The Kier molecular flexibility index (Phi) is 4.66. The van der Waals surface area contributed by atoms with E-state index < -0.39 is 17.7 Å². The first-order valence-electron chi connectivity index (χ1n) is 5.34. The molecule has 0 aromatic carbocycles. The van der Waals surface area contributed by atoms with Crippen LogP contribution in [0.2, 0.25) is 5.15 Å². The van der Waals surface area contributed by atoms with Gasteiger partial charge in [0.25, 0.3) is 0 Å². The van der Waals surface area contributed by atoms with Gasteiger partial charge >= 0.3 is 12.1 Å². The highest BCUT2D eigenvalue weighted by molar-refractivity contribution is 6.32. The third-order valence-corrected chi connectivity index (χ3v) is 2.05. The zero-order valence-corrected chi connectivity index (χ0v) is 11.7. The molecule has 1 rings (SSSR count). The smallest absolute Gasteiger partial charge is 0.414 e. The molecule has 0 spiro atoms. The average molecular weight is 288 g/mol. The van der Waals surface area contributed by atoms with Crippen molar-refractivity contribution in [1.29, 1.82) is 0 Å². The van der Waals surface area contributed by atoms with Crippen LogP contribution < -0.4 is 5.32 Å². The van der Waals surface area contributed by atoms with Crippen molar-refractivity contribution < 1.29 is 19.1 Å². The molecular formula is C11H14ClN3O4. The molecule has 1 heterocycles. The number of nitrogens with one attached hydrogen (secondary N) is 1. The molecule has 0 aliphatic heterocycles. The van der Waals surface area contributed by atoms with Crippen molar-refractivity contribution in [1.82, 2.24) is 9.97 Å². The van der Waals surface area contributed by atoms with Gasteiger partial charge in [0, 0.05) is 6.20 Å². The minimum absolute atomic E-state index is 0.0129. The van der Waals surface area contributed by atoms with E-state index in [2.05, 4.69) is 20.0 Å². The lowest BCUT2D eigenvalue weighted by atomic mass is 10.2. The monoisotopic (exact) mass is 287 g/mol. The maximum atomic E-state index is 11.5. The summed E-state index contributed by atoms with van der Waals surface area (Å²) in [4.78, 5) is 30.2. The molecular weight excluding hydrogens is 274 g/mol. The van der Waals surface area contributed by atoms with E-state index in [-0.39, 0.29) is 16.7 Å². The van der Waals surface area contributed by atoms with Gasteiger partial charge in [0.1, 0.15) is 16.3 Å². The summed E-state index contributed by atoms with van der Waals surface area (Å²) in [7, 11) is 1.21. The molecule has 0 radical (unpaired) electrons. The number of hydrogen-bond acceptors (Lipinski definition) is 6. The van der Waals surface area contributed by atoms with Crippen LogP contribution in [0.3, 0.4) is 0 Å². The number of rotatable bonds is 2. The van der Waals surface area contributed by atoms with Crippen LogP contribution in [0, 0.1) is 0 Å². The lowest BCUT2D eigenvalue weighted by molar-refractivity contribution is 0.0598. The first-order chi connectivity index (χ1) is 8.73. The predicted molar refractivity (Wildman–Crippen MR) is 68.2 cm³/mol. The second-order valence-electron chi connectivity index (χ2n) is 4.52. The van der Waals surface area contributed by atoms with E-state index >= 15 is 0 Å². The molecule has 0 saturated heterocycles. The van der Waals surface area contributed by atoms with Crippen LogP contribution in [0.15, 0.2) is 6.20 Å². The van der Waals surface area contributed by atoms with Crippen molar-refractivity contribution >= 4 is 29.6 Å². The van der Waals surface area contributed by atoms with E-state index in [1.54, 1.807) is 20.8 Å². The molecule has 0 bridgehead atoms. The van der Waals surface area contributed by atoms with Crippen molar-refractivity contribution in [2.75, 3.05) is 12.4 Å². The van der Waals surface area contributed by atoms with E-state index in [4.69, 9.17) is 16.3 Å². The molecule has 0 unspecified atom stereocenters. The summed E-state index contributed by atoms with van der Waals surface area (Å²) in [5.74, 6) is -0.722. The van der Waals surface area contributed by atoms with Crippen LogP contribution in [0.1, 0.15) is 31.1 Å². The van der Waals surface area contributed by atoms with E-state index in [0.717, 1.165) is 6.20 Å². The Morgan fingerprint density at radius 1 is 1.37 bits per heavy atom. The van der Waals surface area contributed by atoms with E-state index in [1.165, 1.54) is 7.11 Å². The number of amides is 1. The second-order valence-corrected chi connectivity index (χ2v) is 4.87. The molecule has 1 aromatic heterocycles. The van der Waals surface area contributed by atoms with Crippen molar-refractivity contribution in [3.8, 4) is 0 Å². The maximum absolute atomic E-state index is 11.5. The number of ether oxygens (including phenoxy) is 2. The second kappa shape index (κ2) is 5.83. The summed E-state index contributed by atoms with van der Waals surface area (Å²) in [5.41, 5.74) is -0.626. The number of halogens is 1. The summed E-state index contributed by atoms with van der Waals surface area (Å²) in [5, 5.41) is 2.19. The van der Waals surface area contributed by atoms with E-state index in [0.29, 0.717) is 0 Å². The Morgan fingerprint density at radius 3 is 2.47 bits per heavy atom. The van der Waals surface area contributed by atoms with Gasteiger partial charge in [0.15, 0.2) is 0 Å². The largest absolute Gasteiger partial charge is 0.465 e. The Hall–Kier alpha value is -1.89. The van der Waals surface area contributed by atoms with Gasteiger partial charge in [0.05, 0.1) is 7.11 Å². The molecule has 7 nitrogen and oxygen atoms in total.